The zero-order valence-electron chi connectivity index (χ0n) is 25.2. The fourth-order valence-corrected chi connectivity index (χ4v) is 7.00. The van der Waals surface area contributed by atoms with Crippen LogP contribution in [0.2, 0.25) is 0 Å². The Morgan fingerprint density at radius 2 is 1.06 bits per heavy atom. The molecule has 0 amide bonds. The lowest BCUT2D eigenvalue weighted by molar-refractivity contribution is 0.663. The molecule has 0 radical (unpaired) electrons. The van der Waals surface area contributed by atoms with E-state index in [2.05, 4.69) is 126 Å². The first-order valence-corrected chi connectivity index (χ1v) is 15.8. The molecule has 0 aliphatic rings. The van der Waals surface area contributed by atoms with Crippen LogP contribution in [0.3, 0.4) is 0 Å². The summed E-state index contributed by atoms with van der Waals surface area (Å²) in [6, 6.07) is 54.8. The lowest BCUT2D eigenvalue weighted by Gasteiger charge is -2.11. The van der Waals surface area contributed by atoms with Crippen molar-refractivity contribution in [1.29, 1.82) is 0 Å². The van der Waals surface area contributed by atoms with Gasteiger partial charge in [0, 0.05) is 33.0 Å². The van der Waals surface area contributed by atoms with Gasteiger partial charge in [0.15, 0.2) is 0 Å². The topological polar surface area (TPSA) is 44.1 Å². The highest BCUT2D eigenvalue weighted by atomic mass is 16.3. The van der Waals surface area contributed by atoms with Gasteiger partial charge in [0.05, 0.1) is 16.4 Å². The Labute approximate surface area is 269 Å². The van der Waals surface area contributed by atoms with Crippen molar-refractivity contribution in [2.75, 3.05) is 0 Å². The van der Waals surface area contributed by atoms with E-state index >= 15 is 0 Å². The van der Waals surface area contributed by atoms with Gasteiger partial charge in [0.1, 0.15) is 28.2 Å². The predicted octanol–water partition coefficient (Wildman–Crippen LogP) is 11.8. The first-order chi connectivity index (χ1) is 23.3. The molecule has 220 valence electrons. The van der Waals surface area contributed by atoms with E-state index in [0.717, 1.165) is 88.7 Å². The molecule has 10 aromatic rings. The lowest BCUT2D eigenvalue weighted by Crippen LogP contribution is -1.97. The smallest absolute Gasteiger partial charge is 0.147 e. The van der Waals surface area contributed by atoms with Crippen LogP contribution in [0.1, 0.15) is 0 Å². The maximum absolute atomic E-state index is 6.55. The van der Waals surface area contributed by atoms with E-state index in [1.165, 1.54) is 5.56 Å². The maximum Gasteiger partial charge on any atom is 0.147 e. The zero-order valence-corrected chi connectivity index (χ0v) is 25.2. The van der Waals surface area contributed by atoms with Gasteiger partial charge in [-0.1, -0.05) is 115 Å². The van der Waals surface area contributed by atoms with Crippen LogP contribution in [0.5, 0.6) is 0 Å². The Morgan fingerprint density at radius 1 is 0.447 bits per heavy atom. The van der Waals surface area contributed by atoms with Crippen molar-refractivity contribution in [2.24, 2.45) is 0 Å². The molecule has 7 aromatic carbocycles. The monoisotopic (exact) mass is 602 g/mol. The highest BCUT2D eigenvalue weighted by molar-refractivity contribution is 6.25. The van der Waals surface area contributed by atoms with E-state index in [9.17, 15) is 0 Å². The number of rotatable bonds is 4. The van der Waals surface area contributed by atoms with Crippen LogP contribution in [0, 0.1) is 0 Å². The number of hydrogen-bond acceptors (Lipinski definition) is 3. The first-order valence-electron chi connectivity index (χ1n) is 15.8. The van der Waals surface area contributed by atoms with Gasteiger partial charge in [0.25, 0.3) is 0 Å². The third-order valence-electron chi connectivity index (χ3n) is 9.22. The molecule has 0 aliphatic heterocycles. The standard InChI is InChI=1S/C43H26N2O2/c1-3-11-27(12-4-1)30-21-24-37-36(25-30)44-43(29-13-5-2-6-14-29)45(37)31-22-19-28(20-23-31)34-26-35-32-15-7-9-17-38(32)46-42(35)40-33-16-8-10-18-39(33)47-41(34)40/h1-26H. The molecule has 0 atom stereocenters. The molecule has 3 heterocycles. The third-order valence-corrected chi connectivity index (χ3v) is 9.22. The number of hydrogen-bond donors (Lipinski definition) is 0. The molecular formula is C43H26N2O2. The predicted molar refractivity (Wildman–Crippen MR) is 192 cm³/mol. The van der Waals surface area contributed by atoms with E-state index < -0.39 is 0 Å². The minimum atomic E-state index is 0.831. The fraction of sp³-hybridized carbons (Fsp3) is 0. The molecule has 0 aliphatic carbocycles. The normalized spacial score (nSPS) is 11.8. The van der Waals surface area contributed by atoms with Crippen molar-refractivity contribution in [2.45, 2.75) is 0 Å². The highest BCUT2D eigenvalue weighted by Gasteiger charge is 2.21. The molecule has 0 saturated carbocycles. The summed E-state index contributed by atoms with van der Waals surface area (Å²) in [5.41, 5.74) is 12.0. The summed E-state index contributed by atoms with van der Waals surface area (Å²) in [7, 11) is 0. The summed E-state index contributed by atoms with van der Waals surface area (Å²) in [4.78, 5) is 5.19. The molecular weight excluding hydrogens is 576 g/mol. The van der Waals surface area contributed by atoms with Gasteiger partial charge in [-0.15, -0.1) is 0 Å². The molecule has 0 bridgehead atoms. The van der Waals surface area contributed by atoms with Crippen LogP contribution in [0.4, 0.5) is 0 Å². The fourth-order valence-electron chi connectivity index (χ4n) is 7.00. The Balaban J connectivity index is 1.17. The second kappa shape index (κ2) is 10.1. The van der Waals surface area contributed by atoms with Crippen molar-refractivity contribution in [1.82, 2.24) is 9.55 Å². The van der Waals surface area contributed by atoms with Crippen molar-refractivity contribution < 1.29 is 8.83 Å². The van der Waals surface area contributed by atoms with E-state index in [1.807, 2.05) is 36.4 Å². The molecule has 0 saturated heterocycles. The molecule has 3 aromatic heterocycles. The number of nitrogens with zero attached hydrogens (tertiary/aromatic N) is 2. The Bertz CT molecular complexity index is 2770. The second-order valence-corrected chi connectivity index (χ2v) is 12.0. The minimum Gasteiger partial charge on any atom is -0.455 e. The van der Waals surface area contributed by atoms with Gasteiger partial charge in [-0.05, 0) is 59.2 Å². The molecule has 10 rings (SSSR count). The average molecular weight is 603 g/mol. The zero-order chi connectivity index (χ0) is 30.9. The number of imidazole rings is 1. The first kappa shape index (κ1) is 25.9. The van der Waals surface area contributed by atoms with Crippen molar-refractivity contribution in [3.05, 3.63) is 158 Å². The van der Waals surface area contributed by atoms with E-state index in [0.29, 0.717) is 0 Å². The summed E-state index contributed by atoms with van der Waals surface area (Å²) in [6.07, 6.45) is 0. The van der Waals surface area contributed by atoms with Gasteiger partial charge < -0.3 is 8.83 Å². The van der Waals surface area contributed by atoms with Gasteiger partial charge in [0.2, 0.25) is 0 Å². The van der Waals surface area contributed by atoms with Gasteiger partial charge in [-0.3, -0.25) is 4.57 Å². The van der Waals surface area contributed by atoms with Gasteiger partial charge in [-0.2, -0.15) is 0 Å². The summed E-state index contributed by atoms with van der Waals surface area (Å²) in [6.45, 7) is 0. The largest absolute Gasteiger partial charge is 0.455 e. The highest BCUT2D eigenvalue weighted by Crippen LogP contribution is 2.44. The van der Waals surface area contributed by atoms with Crippen LogP contribution in [-0.2, 0) is 0 Å². The van der Waals surface area contributed by atoms with Gasteiger partial charge in [-0.25, -0.2) is 4.98 Å². The Kier molecular flexibility index (Phi) is 5.54. The average Bonchev–Trinajstić information content (AvgIpc) is 3.83. The molecule has 0 N–H and O–H groups in total. The van der Waals surface area contributed by atoms with Gasteiger partial charge >= 0.3 is 0 Å². The number of fused-ring (bicyclic) bond motifs is 8. The second-order valence-electron chi connectivity index (χ2n) is 12.0. The number of para-hydroxylation sites is 2. The molecule has 47 heavy (non-hydrogen) atoms. The quantitative estimate of drug-likeness (QED) is 0.201. The van der Waals surface area contributed by atoms with Crippen LogP contribution < -0.4 is 0 Å². The van der Waals surface area contributed by atoms with Crippen molar-refractivity contribution >= 4 is 54.9 Å². The van der Waals surface area contributed by atoms with Crippen LogP contribution in [0.15, 0.2) is 167 Å². The summed E-state index contributed by atoms with van der Waals surface area (Å²) in [5.74, 6) is 0.907. The molecule has 0 spiro atoms. The van der Waals surface area contributed by atoms with Crippen molar-refractivity contribution in [3.63, 3.8) is 0 Å². The number of aromatic nitrogens is 2. The molecule has 0 fully saturated rings. The molecule has 4 heteroatoms. The number of furan rings is 2. The summed E-state index contributed by atoms with van der Waals surface area (Å²) >= 11 is 0. The minimum absolute atomic E-state index is 0.831. The Morgan fingerprint density at radius 3 is 1.83 bits per heavy atom. The van der Waals surface area contributed by atoms with E-state index in [-0.39, 0.29) is 0 Å². The van der Waals surface area contributed by atoms with Crippen LogP contribution in [0.25, 0.3) is 94.2 Å². The summed E-state index contributed by atoms with van der Waals surface area (Å²) < 4.78 is 15.3. The van der Waals surface area contributed by atoms with E-state index in [4.69, 9.17) is 13.8 Å². The summed E-state index contributed by atoms with van der Waals surface area (Å²) in [5, 5.41) is 4.24. The lowest BCUT2D eigenvalue weighted by atomic mass is 9.98. The van der Waals surface area contributed by atoms with Crippen LogP contribution >= 0.6 is 0 Å². The Hall–Kier alpha value is -6.39. The number of benzene rings is 7. The van der Waals surface area contributed by atoms with Crippen LogP contribution in [-0.4, -0.2) is 9.55 Å². The SMILES string of the molecule is c1ccc(-c2ccc3c(c2)nc(-c2ccccc2)n3-c2ccc(-c3cc4c5ccccc5oc4c4c3oc3ccccc34)cc2)cc1. The maximum atomic E-state index is 6.55. The molecule has 0 unspecified atom stereocenters. The molecule has 4 nitrogen and oxygen atoms in total. The third kappa shape index (κ3) is 3.98. The van der Waals surface area contributed by atoms with Crippen molar-refractivity contribution in [3.8, 4) is 39.3 Å². The van der Waals surface area contributed by atoms with E-state index in [1.54, 1.807) is 0 Å².